The number of aryl methyl sites for hydroxylation is 2. The summed E-state index contributed by atoms with van der Waals surface area (Å²) in [6, 6.07) is 15.5. The monoisotopic (exact) mass is 530 g/mol. The third-order valence-electron chi connectivity index (χ3n) is 8.21. The van der Waals surface area contributed by atoms with Crippen molar-refractivity contribution in [3.63, 3.8) is 0 Å². The number of carbonyl (C=O) groups is 1. The molecule has 204 valence electrons. The Morgan fingerprint density at radius 1 is 1.00 bits per heavy atom. The minimum Gasteiger partial charge on any atom is -0.488 e. The molecule has 0 unspecified atom stereocenters. The van der Waals surface area contributed by atoms with E-state index in [0.29, 0.717) is 24.5 Å². The van der Waals surface area contributed by atoms with E-state index in [1.54, 1.807) is 6.07 Å². The molecule has 3 aromatic carbocycles. The van der Waals surface area contributed by atoms with Gasteiger partial charge in [-0.25, -0.2) is 4.39 Å². The predicted molar refractivity (Wildman–Crippen MR) is 147 cm³/mol. The number of rotatable bonds is 8. The molecule has 2 fully saturated rings. The summed E-state index contributed by atoms with van der Waals surface area (Å²) in [7, 11) is 0. The van der Waals surface area contributed by atoms with Crippen LogP contribution in [0.4, 0.5) is 4.39 Å². The molecule has 39 heavy (non-hydrogen) atoms. The number of hydrogen-bond donors (Lipinski definition) is 0. The third-order valence-corrected chi connectivity index (χ3v) is 8.21. The van der Waals surface area contributed by atoms with E-state index in [1.807, 2.05) is 37.3 Å². The number of ether oxygens (including phenoxy) is 4. The Balaban J connectivity index is 1.20. The molecule has 6 rings (SSSR count). The second-order valence-corrected chi connectivity index (χ2v) is 10.9. The van der Waals surface area contributed by atoms with Crippen molar-refractivity contribution in [2.75, 3.05) is 19.8 Å². The minimum absolute atomic E-state index is 0.0461. The van der Waals surface area contributed by atoms with E-state index in [-0.39, 0.29) is 35.8 Å². The van der Waals surface area contributed by atoms with E-state index < -0.39 is 0 Å². The first-order valence-electron chi connectivity index (χ1n) is 14.0. The maximum atomic E-state index is 15.2. The van der Waals surface area contributed by atoms with E-state index in [9.17, 15) is 4.79 Å². The first-order chi connectivity index (χ1) is 18.9. The number of hydrogen-bond acceptors (Lipinski definition) is 5. The Labute approximate surface area is 229 Å². The van der Waals surface area contributed by atoms with Gasteiger partial charge in [0.2, 0.25) is 0 Å². The van der Waals surface area contributed by atoms with Crippen LogP contribution in [0.5, 0.6) is 11.5 Å². The Hall–Kier alpha value is -3.38. The topological polar surface area (TPSA) is 54.0 Å². The van der Waals surface area contributed by atoms with Crippen LogP contribution in [0, 0.1) is 25.6 Å². The fourth-order valence-corrected chi connectivity index (χ4v) is 6.27. The van der Waals surface area contributed by atoms with Crippen molar-refractivity contribution in [2.24, 2.45) is 5.92 Å². The summed E-state index contributed by atoms with van der Waals surface area (Å²) in [4.78, 5) is 12.0. The second-order valence-electron chi connectivity index (χ2n) is 10.9. The number of benzene rings is 3. The van der Waals surface area contributed by atoms with E-state index in [2.05, 4.69) is 26.0 Å². The van der Waals surface area contributed by atoms with Crippen molar-refractivity contribution in [3.8, 4) is 22.6 Å². The van der Waals surface area contributed by atoms with Gasteiger partial charge in [0.05, 0.1) is 25.7 Å². The van der Waals surface area contributed by atoms with Gasteiger partial charge in [-0.05, 0) is 110 Å². The van der Waals surface area contributed by atoms with Crippen LogP contribution in [0.25, 0.3) is 11.1 Å². The van der Waals surface area contributed by atoms with Gasteiger partial charge in [-0.3, -0.25) is 4.79 Å². The minimum atomic E-state index is -0.343. The molecule has 1 heterocycles. The summed E-state index contributed by atoms with van der Waals surface area (Å²) >= 11 is 0. The molecule has 3 aromatic rings. The number of halogens is 1. The molecule has 1 saturated heterocycles. The van der Waals surface area contributed by atoms with Crippen LogP contribution in [0.1, 0.15) is 66.0 Å². The Kier molecular flexibility index (Phi) is 7.06. The second kappa shape index (κ2) is 10.6. The summed E-state index contributed by atoms with van der Waals surface area (Å²) < 4.78 is 38.3. The molecule has 0 amide bonds. The smallest absolute Gasteiger partial charge is 0.309 e. The summed E-state index contributed by atoms with van der Waals surface area (Å²) in [6.07, 6.45) is 2.96. The zero-order chi connectivity index (χ0) is 27.1. The van der Waals surface area contributed by atoms with Crippen LogP contribution in [0.15, 0.2) is 48.5 Å². The van der Waals surface area contributed by atoms with Crippen LogP contribution in [-0.4, -0.2) is 31.9 Å². The van der Waals surface area contributed by atoms with E-state index in [0.717, 1.165) is 71.4 Å². The molecule has 2 aliphatic carbocycles. The molecular formula is C33H35FO5. The summed E-state index contributed by atoms with van der Waals surface area (Å²) in [5, 5.41) is 0. The van der Waals surface area contributed by atoms with Gasteiger partial charge in [-0.1, -0.05) is 18.2 Å². The first-order valence-corrected chi connectivity index (χ1v) is 14.0. The molecule has 5 nitrogen and oxygen atoms in total. The van der Waals surface area contributed by atoms with Crippen LogP contribution in [0.2, 0.25) is 0 Å². The van der Waals surface area contributed by atoms with Crippen molar-refractivity contribution < 1.29 is 28.1 Å². The molecule has 1 saturated carbocycles. The van der Waals surface area contributed by atoms with Gasteiger partial charge in [-0.15, -0.1) is 0 Å². The highest BCUT2D eigenvalue weighted by molar-refractivity contribution is 5.78. The van der Waals surface area contributed by atoms with Gasteiger partial charge >= 0.3 is 5.97 Å². The lowest BCUT2D eigenvalue weighted by atomic mass is 9.90. The first kappa shape index (κ1) is 25.9. The normalized spacial score (nSPS) is 23.4. The molecule has 0 aromatic heterocycles. The maximum absolute atomic E-state index is 15.2. The van der Waals surface area contributed by atoms with Crippen molar-refractivity contribution in [2.45, 2.75) is 64.6 Å². The lowest BCUT2D eigenvalue weighted by Gasteiger charge is -2.20. The highest BCUT2D eigenvalue weighted by Crippen LogP contribution is 2.49. The SMILES string of the molecule is CCOC(=O)[C@H]1C[C@@H]1c1ccc(O[C@@H]2CCc3c(-c4c(C)cc(O[C@@H]5CCOC5)cc4C)ccc(F)c32)cc1. The lowest BCUT2D eigenvalue weighted by molar-refractivity contribution is -0.144. The zero-order valence-electron chi connectivity index (χ0n) is 22.8. The average molecular weight is 531 g/mol. The Morgan fingerprint density at radius 2 is 1.77 bits per heavy atom. The molecular weight excluding hydrogens is 495 g/mol. The Morgan fingerprint density at radius 3 is 2.46 bits per heavy atom. The van der Waals surface area contributed by atoms with E-state index in [1.165, 1.54) is 0 Å². The molecule has 6 heteroatoms. The van der Waals surface area contributed by atoms with Crippen LogP contribution >= 0.6 is 0 Å². The standard InChI is InChI=1S/C33H35FO5/c1-4-37-33(35)28-17-27(28)21-5-7-22(8-6-21)39-30-12-10-26-25(9-11-29(34)32(26)30)31-19(2)15-24(16-20(31)3)38-23-13-14-36-18-23/h5-9,11,15-16,23,27-28,30H,4,10,12-14,17-18H2,1-3H3/t23-,27-,28+,30-/m1/s1. The molecule has 0 bridgehead atoms. The molecule has 0 radical (unpaired) electrons. The van der Waals surface area contributed by atoms with Crippen LogP contribution in [0.3, 0.4) is 0 Å². The fourth-order valence-electron chi connectivity index (χ4n) is 6.27. The molecule has 0 spiro atoms. The summed E-state index contributed by atoms with van der Waals surface area (Å²) in [5.74, 6) is 1.38. The summed E-state index contributed by atoms with van der Waals surface area (Å²) in [6.45, 7) is 7.79. The zero-order valence-corrected chi connectivity index (χ0v) is 22.8. The van der Waals surface area contributed by atoms with Gasteiger partial charge in [0.25, 0.3) is 0 Å². The number of fused-ring (bicyclic) bond motifs is 1. The number of esters is 1. The van der Waals surface area contributed by atoms with Gasteiger partial charge < -0.3 is 18.9 Å². The Bertz CT molecular complexity index is 1350. The molecule has 3 aliphatic rings. The lowest BCUT2D eigenvalue weighted by Crippen LogP contribution is -2.15. The van der Waals surface area contributed by atoms with Crippen molar-refractivity contribution in [1.29, 1.82) is 0 Å². The van der Waals surface area contributed by atoms with Gasteiger partial charge in [0, 0.05) is 12.0 Å². The molecule has 4 atom stereocenters. The van der Waals surface area contributed by atoms with Gasteiger partial charge in [-0.2, -0.15) is 0 Å². The van der Waals surface area contributed by atoms with E-state index in [4.69, 9.17) is 18.9 Å². The van der Waals surface area contributed by atoms with Gasteiger partial charge in [0.1, 0.15) is 29.5 Å². The molecule has 1 aliphatic heterocycles. The van der Waals surface area contributed by atoms with Gasteiger partial charge in [0.15, 0.2) is 0 Å². The predicted octanol–water partition coefficient (Wildman–Crippen LogP) is 7.01. The third kappa shape index (κ3) is 5.14. The van der Waals surface area contributed by atoms with Crippen molar-refractivity contribution in [1.82, 2.24) is 0 Å². The highest BCUT2D eigenvalue weighted by Gasteiger charge is 2.45. The number of carbonyl (C=O) groups excluding carboxylic acids is 1. The summed E-state index contributed by atoms with van der Waals surface area (Å²) in [5.41, 5.74) is 7.21. The van der Waals surface area contributed by atoms with Crippen LogP contribution in [-0.2, 0) is 20.7 Å². The van der Waals surface area contributed by atoms with Crippen LogP contribution < -0.4 is 9.47 Å². The quantitative estimate of drug-likeness (QED) is 0.293. The highest BCUT2D eigenvalue weighted by atomic mass is 19.1. The largest absolute Gasteiger partial charge is 0.488 e. The van der Waals surface area contributed by atoms with E-state index >= 15 is 4.39 Å². The van der Waals surface area contributed by atoms with Crippen molar-refractivity contribution >= 4 is 5.97 Å². The fraction of sp³-hybridized carbons (Fsp3) is 0.424. The molecule has 0 N–H and O–H groups in total. The average Bonchev–Trinajstić information content (AvgIpc) is 3.33. The maximum Gasteiger partial charge on any atom is 0.309 e. The van der Waals surface area contributed by atoms with Crippen molar-refractivity contribution in [3.05, 3.63) is 82.2 Å².